The number of anilines is 1. The molecule has 0 spiro atoms. The van der Waals surface area contributed by atoms with E-state index in [9.17, 15) is 18.0 Å². The molecule has 0 radical (unpaired) electrons. The zero-order chi connectivity index (χ0) is 23.0. The summed E-state index contributed by atoms with van der Waals surface area (Å²) in [6.07, 6.45) is -1.59. The highest BCUT2D eigenvalue weighted by Gasteiger charge is 2.29. The first kappa shape index (κ1) is 26.7. The number of carbonyl (C=O) groups is 1. The van der Waals surface area contributed by atoms with Gasteiger partial charge >= 0.3 is 6.18 Å². The van der Waals surface area contributed by atoms with E-state index in [4.69, 9.17) is 4.74 Å². The molecule has 1 aromatic carbocycles. The van der Waals surface area contributed by atoms with Gasteiger partial charge in [-0.2, -0.15) is 13.2 Å². The van der Waals surface area contributed by atoms with Crippen molar-refractivity contribution in [3.05, 3.63) is 53.7 Å². The molecule has 11 heteroatoms. The number of nitrogens with one attached hydrogen (secondary N) is 2. The lowest BCUT2D eigenvalue weighted by Crippen LogP contribution is -2.37. The van der Waals surface area contributed by atoms with Crippen LogP contribution in [0.5, 0.6) is 5.88 Å². The summed E-state index contributed by atoms with van der Waals surface area (Å²) in [4.78, 5) is 22.1. The van der Waals surface area contributed by atoms with Crippen molar-refractivity contribution in [3.63, 3.8) is 0 Å². The van der Waals surface area contributed by atoms with Crippen molar-refractivity contribution in [2.45, 2.75) is 39.0 Å². The first-order valence-electron chi connectivity index (χ1n) is 10.4. The number of amides is 1. The van der Waals surface area contributed by atoms with Crippen LogP contribution in [-0.2, 0) is 17.9 Å². The summed E-state index contributed by atoms with van der Waals surface area (Å²) in [5.41, 5.74) is 2.34. The van der Waals surface area contributed by atoms with Crippen molar-refractivity contribution >= 4 is 41.5 Å². The Bertz CT molecular complexity index is 938. The monoisotopic (exact) mass is 577 g/mol. The second-order valence-electron chi connectivity index (χ2n) is 7.24. The third-order valence-electron chi connectivity index (χ3n) is 4.75. The first-order chi connectivity index (χ1) is 15.4. The van der Waals surface area contributed by atoms with Gasteiger partial charge in [0.1, 0.15) is 0 Å². The maximum absolute atomic E-state index is 12.5. The number of rotatable bonds is 8. The molecule has 1 aliphatic rings. The van der Waals surface area contributed by atoms with Gasteiger partial charge in [-0.05, 0) is 37.1 Å². The molecule has 2 aromatic rings. The molecule has 3 rings (SSSR count). The van der Waals surface area contributed by atoms with Crippen LogP contribution in [0.1, 0.15) is 30.9 Å². The van der Waals surface area contributed by atoms with Crippen LogP contribution in [0.4, 0.5) is 18.9 Å². The SMILES string of the molecule is CCNC(=NCc1ccc(N2CCCC2=O)cc1)NCc1cccnc1OCC(F)(F)F.I. The molecule has 33 heavy (non-hydrogen) atoms. The number of aliphatic imine (C=N–C) groups is 1. The third kappa shape index (κ3) is 8.37. The Balaban J connectivity index is 0.00000385. The Kier molecular flexibility index (Phi) is 10.2. The van der Waals surface area contributed by atoms with E-state index in [1.54, 1.807) is 17.0 Å². The minimum atomic E-state index is -4.43. The Labute approximate surface area is 207 Å². The number of carbonyl (C=O) groups excluding carboxylic acids is 1. The second-order valence-corrected chi connectivity index (χ2v) is 7.24. The molecular weight excluding hydrogens is 550 g/mol. The largest absolute Gasteiger partial charge is 0.468 e. The molecule has 180 valence electrons. The lowest BCUT2D eigenvalue weighted by atomic mass is 10.2. The number of alkyl halides is 3. The van der Waals surface area contributed by atoms with Crippen LogP contribution in [0.25, 0.3) is 0 Å². The number of benzene rings is 1. The van der Waals surface area contributed by atoms with Gasteiger partial charge in [0.2, 0.25) is 11.8 Å². The van der Waals surface area contributed by atoms with Gasteiger partial charge in [0.25, 0.3) is 0 Å². The molecule has 0 aliphatic carbocycles. The van der Waals surface area contributed by atoms with E-state index in [0.717, 1.165) is 24.2 Å². The zero-order valence-corrected chi connectivity index (χ0v) is 20.5. The van der Waals surface area contributed by atoms with E-state index in [0.29, 0.717) is 31.0 Å². The van der Waals surface area contributed by atoms with Crippen LogP contribution in [-0.4, -0.2) is 42.7 Å². The summed E-state index contributed by atoms with van der Waals surface area (Å²) >= 11 is 0. The highest BCUT2D eigenvalue weighted by Crippen LogP contribution is 2.22. The Morgan fingerprint density at radius 1 is 1.21 bits per heavy atom. The molecule has 2 heterocycles. The quantitative estimate of drug-likeness (QED) is 0.282. The van der Waals surface area contributed by atoms with Crippen LogP contribution in [0.2, 0.25) is 0 Å². The number of pyridine rings is 1. The van der Waals surface area contributed by atoms with Gasteiger partial charge in [-0.1, -0.05) is 18.2 Å². The standard InChI is InChI=1S/C22H26F3N5O2.HI/c1-2-26-21(29-14-17-5-3-11-27-20(17)32-15-22(23,24)25)28-13-16-7-9-18(10-8-16)30-12-4-6-19(30)31;/h3,5,7-11H,2,4,6,12-15H2,1H3,(H2,26,28,29);1H. The van der Waals surface area contributed by atoms with Gasteiger partial charge in [0.15, 0.2) is 12.6 Å². The van der Waals surface area contributed by atoms with E-state index in [1.807, 2.05) is 31.2 Å². The molecule has 7 nitrogen and oxygen atoms in total. The van der Waals surface area contributed by atoms with Crippen LogP contribution < -0.4 is 20.3 Å². The highest BCUT2D eigenvalue weighted by molar-refractivity contribution is 14.0. The average Bonchev–Trinajstić information content (AvgIpc) is 3.20. The number of guanidine groups is 1. The number of hydrogen-bond acceptors (Lipinski definition) is 4. The Morgan fingerprint density at radius 3 is 2.61 bits per heavy atom. The normalized spacial score (nSPS) is 14.1. The summed E-state index contributed by atoms with van der Waals surface area (Å²) < 4.78 is 42.2. The summed E-state index contributed by atoms with van der Waals surface area (Å²) in [5.74, 6) is 0.584. The topological polar surface area (TPSA) is 78.9 Å². The van der Waals surface area contributed by atoms with Gasteiger partial charge in [0, 0.05) is 43.5 Å². The molecule has 0 atom stereocenters. The van der Waals surface area contributed by atoms with Gasteiger partial charge < -0.3 is 20.3 Å². The van der Waals surface area contributed by atoms with Gasteiger partial charge in [-0.25, -0.2) is 9.98 Å². The van der Waals surface area contributed by atoms with Crippen LogP contribution >= 0.6 is 24.0 Å². The molecular formula is C22H27F3IN5O2. The number of hydrogen-bond donors (Lipinski definition) is 2. The Hall–Kier alpha value is -2.57. The minimum Gasteiger partial charge on any atom is -0.468 e. The van der Waals surface area contributed by atoms with Crippen molar-refractivity contribution < 1.29 is 22.7 Å². The molecule has 0 bridgehead atoms. The van der Waals surface area contributed by atoms with Gasteiger partial charge in [-0.15, -0.1) is 24.0 Å². The van der Waals surface area contributed by atoms with Crippen LogP contribution in [0.3, 0.4) is 0 Å². The highest BCUT2D eigenvalue weighted by atomic mass is 127. The van der Waals surface area contributed by atoms with Gasteiger partial charge in [-0.3, -0.25) is 4.79 Å². The first-order valence-corrected chi connectivity index (χ1v) is 10.4. The number of nitrogens with zero attached hydrogens (tertiary/aromatic N) is 3. The third-order valence-corrected chi connectivity index (χ3v) is 4.75. The predicted molar refractivity (Wildman–Crippen MR) is 131 cm³/mol. The Morgan fingerprint density at radius 2 is 1.97 bits per heavy atom. The second kappa shape index (κ2) is 12.6. The van der Waals surface area contributed by atoms with Crippen molar-refractivity contribution in [1.82, 2.24) is 15.6 Å². The lowest BCUT2D eigenvalue weighted by Gasteiger charge is -2.16. The van der Waals surface area contributed by atoms with E-state index in [1.165, 1.54) is 6.20 Å². The van der Waals surface area contributed by atoms with E-state index in [-0.39, 0.29) is 42.3 Å². The molecule has 0 unspecified atom stereocenters. The van der Waals surface area contributed by atoms with Crippen LogP contribution in [0.15, 0.2) is 47.6 Å². The maximum atomic E-state index is 12.5. The number of ether oxygens (including phenoxy) is 1. The fraction of sp³-hybridized carbons (Fsp3) is 0.409. The van der Waals surface area contributed by atoms with E-state index in [2.05, 4.69) is 20.6 Å². The summed E-state index contributed by atoms with van der Waals surface area (Å²) in [5, 5.41) is 6.20. The predicted octanol–water partition coefficient (Wildman–Crippen LogP) is 4.02. The fourth-order valence-electron chi connectivity index (χ4n) is 3.23. The van der Waals surface area contributed by atoms with Crippen LogP contribution in [0, 0.1) is 0 Å². The number of aromatic nitrogens is 1. The van der Waals surface area contributed by atoms with Gasteiger partial charge in [0.05, 0.1) is 6.54 Å². The molecule has 1 fully saturated rings. The summed E-state index contributed by atoms with van der Waals surface area (Å²) in [7, 11) is 0. The molecule has 1 aromatic heterocycles. The molecule has 0 saturated carbocycles. The van der Waals surface area contributed by atoms with E-state index >= 15 is 0 Å². The summed E-state index contributed by atoms with van der Waals surface area (Å²) in [6.45, 7) is 2.47. The molecule has 2 N–H and O–H groups in total. The molecule has 1 aliphatic heterocycles. The summed E-state index contributed by atoms with van der Waals surface area (Å²) in [6, 6.07) is 11.0. The number of halogens is 4. The van der Waals surface area contributed by atoms with Crippen molar-refractivity contribution in [2.75, 3.05) is 24.6 Å². The maximum Gasteiger partial charge on any atom is 0.422 e. The van der Waals surface area contributed by atoms with E-state index < -0.39 is 12.8 Å². The molecule has 1 amide bonds. The zero-order valence-electron chi connectivity index (χ0n) is 18.2. The lowest BCUT2D eigenvalue weighted by molar-refractivity contribution is -0.154. The average molecular weight is 577 g/mol. The van der Waals surface area contributed by atoms with Crippen molar-refractivity contribution in [1.29, 1.82) is 0 Å². The smallest absolute Gasteiger partial charge is 0.422 e. The minimum absolute atomic E-state index is 0. The van der Waals surface area contributed by atoms with Crippen molar-refractivity contribution in [3.8, 4) is 5.88 Å². The van der Waals surface area contributed by atoms with Crippen molar-refractivity contribution in [2.24, 2.45) is 4.99 Å². The molecule has 1 saturated heterocycles. The fourth-order valence-corrected chi connectivity index (χ4v) is 3.23.